The number of halogens is 1. The van der Waals surface area contributed by atoms with Gasteiger partial charge in [-0.05, 0) is 59.7 Å². The molecule has 0 N–H and O–H groups in total. The molecule has 0 unspecified atom stereocenters. The van der Waals surface area contributed by atoms with E-state index in [2.05, 4.69) is 22.6 Å². The standard InChI is InChI=1S/C12H12INO2/c13-9-5-7-10(8-6-9)14-11(15)3-1-2-4-12(14)16/h5-8H,1-4H2. The highest BCUT2D eigenvalue weighted by Crippen LogP contribution is 2.22. The molecule has 2 amide bonds. The Bertz CT molecular complexity index is 396. The highest BCUT2D eigenvalue weighted by Gasteiger charge is 2.25. The van der Waals surface area contributed by atoms with Gasteiger partial charge in [0.15, 0.2) is 0 Å². The van der Waals surface area contributed by atoms with Crippen LogP contribution in [0.25, 0.3) is 0 Å². The van der Waals surface area contributed by atoms with Crippen LogP contribution in [-0.4, -0.2) is 11.8 Å². The van der Waals surface area contributed by atoms with E-state index >= 15 is 0 Å². The fraction of sp³-hybridized carbons (Fsp3) is 0.333. The Hall–Kier alpha value is -0.910. The van der Waals surface area contributed by atoms with E-state index in [0.29, 0.717) is 18.5 Å². The molecule has 1 aliphatic rings. The lowest BCUT2D eigenvalue weighted by atomic mass is 10.2. The first-order chi connectivity index (χ1) is 7.68. The van der Waals surface area contributed by atoms with Crippen molar-refractivity contribution < 1.29 is 9.59 Å². The molecule has 3 nitrogen and oxygen atoms in total. The van der Waals surface area contributed by atoms with Crippen LogP contribution < -0.4 is 4.90 Å². The van der Waals surface area contributed by atoms with E-state index in [9.17, 15) is 9.59 Å². The summed E-state index contributed by atoms with van der Waals surface area (Å²) >= 11 is 2.20. The third kappa shape index (κ3) is 2.42. The van der Waals surface area contributed by atoms with Gasteiger partial charge in [-0.15, -0.1) is 0 Å². The number of carbonyl (C=O) groups excluding carboxylic acids is 2. The minimum absolute atomic E-state index is 0.0799. The summed E-state index contributed by atoms with van der Waals surface area (Å²) < 4.78 is 1.09. The molecule has 16 heavy (non-hydrogen) atoms. The average molecular weight is 329 g/mol. The number of hydrogen-bond donors (Lipinski definition) is 0. The van der Waals surface area contributed by atoms with E-state index in [1.807, 2.05) is 24.3 Å². The summed E-state index contributed by atoms with van der Waals surface area (Å²) in [6, 6.07) is 7.45. The number of nitrogens with zero attached hydrogens (tertiary/aromatic N) is 1. The molecule has 4 heteroatoms. The maximum atomic E-state index is 11.8. The number of amides is 2. The van der Waals surface area contributed by atoms with Crippen LogP contribution in [0, 0.1) is 3.57 Å². The smallest absolute Gasteiger partial charge is 0.233 e. The average Bonchev–Trinajstić information content (AvgIpc) is 2.42. The number of benzene rings is 1. The molecule has 0 radical (unpaired) electrons. The third-order valence-corrected chi connectivity index (χ3v) is 3.33. The quantitative estimate of drug-likeness (QED) is 0.587. The lowest BCUT2D eigenvalue weighted by Gasteiger charge is -2.18. The fourth-order valence-corrected chi connectivity index (χ4v) is 2.15. The molecular weight excluding hydrogens is 317 g/mol. The van der Waals surface area contributed by atoms with Crippen molar-refractivity contribution in [1.29, 1.82) is 0 Å². The third-order valence-electron chi connectivity index (χ3n) is 2.61. The minimum Gasteiger partial charge on any atom is -0.274 e. The first-order valence-electron chi connectivity index (χ1n) is 5.30. The number of imide groups is 1. The highest BCUT2D eigenvalue weighted by molar-refractivity contribution is 14.1. The predicted molar refractivity (Wildman–Crippen MR) is 70.1 cm³/mol. The molecule has 2 rings (SSSR count). The van der Waals surface area contributed by atoms with Gasteiger partial charge in [-0.2, -0.15) is 0 Å². The summed E-state index contributed by atoms with van der Waals surface area (Å²) in [5.41, 5.74) is 0.692. The summed E-state index contributed by atoms with van der Waals surface area (Å²) in [5, 5.41) is 0. The van der Waals surface area contributed by atoms with E-state index < -0.39 is 0 Å². The molecule has 0 atom stereocenters. The van der Waals surface area contributed by atoms with Crippen LogP contribution in [0.3, 0.4) is 0 Å². The molecule has 0 aliphatic carbocycles. The molecule has 1 aromatic rings. The van der Waals surface area contributed by atoms with Gasteiger partial charge in [0, 0.05) is 16.4 Å². The molecule has 1 aromatic carbocycles. The Morgan fingerprint density at radius 2 is 1.44 bits per heavy atom. The second-order valence-corrected chi connectivity index (χ2v) is 5.05. The lowest BCUT2D eigenvalue weighted by Crippen LogP contribution is -2.34. The maximum absolute atomic E-state index is 11.8. The van der Waals surface area contributed by atoms with Crippen LogP contribution in [-0.2, 0) is 9.59 Å². The summed E-state index contributed by atoms with van der Waals surface area (Å²) in [5.74, 6) is -0.160. The molecule has 0 aromatic heterocycles. The predicted octanol–water partition coefficient (Wildman–Crippen LogP) is 2.72. The van der Waals surface area contributed by atoms with Crippen molar-refractivity contribution in [3.8, 4) is 0 Å². The zero-order chi connectivity index (χ0) is 11.5. The van der Waals surface area contributed by atoms with E-state index in [4.69, 9.17) is 0 Å². The van der Waals surface area contributed by atoms with E-state index in [-0.39, 0.29) is 11.8 Å². The van der Waals surface area contributed by atoms with Crippen LogP contribution in [0.2, 0.25) is 0 Å². The van der Waals surface area contributed by atoms with Gasteiger partial charge in [-0.1, -0.05) is 0 Å². The Labute approximate surface area is 108 Å². The lowest BCUT2D eigenvalue weighted by molar-refractivity contribution is -0.125. The molecule has 0 saturated carbocycles. The van der Waals surface area contributed by atoms with Crippen LogP contribution >= 0.6 is 22.6 Å². The van der Waals surface area contributed by atoms with Crippen molar-refractivity contribution in [3.63, 3.8) is 0 Å². The van der Waals surface area contributed by atoms with Gasteiger partial charge in [0.05, 0.1) is 5.69 Å². The van der Waals surface area contributed by atoms with Gasteiger partial charge in [-0.25, -0.2) is 0 Å². The minimum atomic E-state index is -0.0799. The van der Waals surface area contributed by atoms with Crippen molar-refractivity contribution in [2.75, 3.05) is 4.90 Å². The first-order valence-corrected chi connectivity index (χ1v) is 6.38. The molecule has 1 heterocycles. The van der Waals surface area contributed by atoms with Crippen molar-refractivity contribution in [1.82, 2.24) is 0 Å². The summed E-state index contributed by atoms with van der Waals surface area (Å²) in [7, 11) is 0. The highest BCUT2D eigenvalue weighted by atomic mass is 127. The van der Waals surface area contributed by atoms with Gasteiger partial charge in [0.25, 0.3) is 0 Å². The normalized spacial score (nSPS) is 17.4. The Balaban J connectivity index is 2.32. The van der Waals surface area contributed by atoms with Gasteiger partial charge >= 0.3 is 0 Å². The zero-order valence-electron chi connectivity index (χ0n) is 8.78. The SMILES string of the molecule is O=C1CCCCC(=O)N1c1ccc(I)cc1. The van der Waals surface area contributed by atoms with Gasteiger partial charge < -0.3 is 0 Å². The summed E-state index contributed by atoms with van der Waals surface area (Å²) in [4.78, 5) is 24.9. The van der Waals surface area contributed by atoms with Crippen LogP contribution in [0.4, 0.5) is 5.69 Å². The number of rotatable bonds is 1. The molecule has 1 aliphatic heterocycles. The van der Waals surface area contributed by atoms with E-state index in [1.165, 1.54) is 4.90 Å². The molecule has 0 bridgehead atoms. The van der Waals surface area contributed by atoms with E-state index in [0.717, 1.165) is 16.4 Å². The Morgan fingerprint density at radius 1 is 0.938 bits per heavy atom. The fourth-order valence-electron chi connectivity index (χ4n) is 1.79. The van der Waals surface area contributed by atoms with Gasteiger partial charge in [0.2, 0.25) is 11.8 Å². The van der Waals surface area contributed by atoms with Crippen LogP contribution in [0.1, 0.15) is 25.7 Å². The van der Waals surface area contributed by atoms with Crippen molar-refractivity contribution in [2.24, 2.45) is 0 Å². The monoisotopic (exact) mass is 329 g/mol. The van der Waals surface area contributed by atoms with Gasteiger partial charge in [-0.3, -0.25) is 14.5 Å². The van der Waals surface area contributed by atoms with Gasteiger partial charge in [0.1, 0.15) is 0 Å². The topological polar surface area (TPSA) is 37.4 Å². The van der Waals surface area contributed by atoms with E-state index in [1.54, 1.807) is 0 Å². The molecule has 1 saturated heterocycles. The number of hydrogen-bond acceptors (Lipinski definition) is 2. The van der Waals surface area contributed by atoms with Crippen molar-refractivity contribution in [3.05, 3.63) is 27.8 Å². The maximum Gasteiger partial charge on any atom is 0.233 e. The number of carbonyl (C=O) groups is 2. The van der Waals surface area contributed by atoms with Crippen molar-refractivity contribution >= 4 is 40.1 Å². The molecule has 1 fully saturated rings. The first kappa shape index (κ1) is 11.6. The molecule has 84 valence electrons. The summed E-state index contributed by atoms with van der Waals surface area (Å²) in [6.07, 6.45) is 2.56. The largest absolute Gasteiger partial charge is 0.274 e. The zero-order valence-corrected chi connectivity index (χ0v) is 10.9. The molecule has 0 spiro atoms. The Kier molecular flexibility index (Phi) is 3.58. The molecular formula is C12H12INO2. The second-order valence-electron chi connectivity index (χ2n) is 3.81. The van der Waals surface area contributed by atoms with Crippen LogP contribution in [0.15, 0.2) is 24.3 Å². The van der Waals surface area contributed by atoms with Crippen LogP contribution in [0.5, 0.6) is 0 Å². The van der Waals surface area contributed by atoms with Crippen molar-refractivity contribution in [2.45, 2.75) is 25.7 Å². The Morgan fingerprint density at radius 3 is 1.94 bits per heavy atom. The second kappa shape index (κ2) is 4.95. The summed E-state index contributed by atoms with van der Waals surface area (Å²) in [6.45, 7) is 0. The number of anilines is 1.